The Morgan fingerprint density at radius 3 is 2.76 bits per heavy atom. The highest BCUT2D eigenvalue weighted by Gasteiger charge is 2.41. The normalized spacial score (nSPS) is 19.6. The fraction of sp³-hybridized carbons (Fsp3) is 0.0909. The summed E-state index contributed by atoms with van der Waals surface area (Å²) >= 11 is 1.64. The molecule has 0 bridgehead atoms. The summed E-state index contributed by atoms with van der Waals surface area (Å²) in [5, 5.41) is 9.91. The van der Waals surface area contributed by atoms with E-state index in [1.54, 1.807) is 23.5 Å². The molecule has 29 heavy (non-hydrogen) atoms. The van der Waals surface area contributed by atoms with E-state index in [2.05, 4.69) is 21.5 Å². The van der Waals surface area contributed by atoms with Crippen molar-refractivity contribution in [1.29, 1.82) is 0 Å². The lowest BCUT2D eigenvalue weighted by Gasteiger charge is -2.38. The van der Waals surface area contributed by atoms with Crippen molar-refractivity contribution in [3.8, 4) is 5.75 Å². The minimum absolute atomic E-state index is 0.235. The molecule has 4 heterocycles. The minimum atomic E-state index is -0.585. The first-order valence-corrected chi connectivity index (χ1v) is 10.1. The van der Waals surface area contributed by atoms with E-state index in [-0.39, 0.29) is 11.9 Å². The van der Waals surface area contributed by atoms with E-state index in [0.717, 1.165) is 21.7 Å². The topological polar surface area (TPSA) is 52.0 Å². The number of thiophene rings is 1. The Morgan fingerprint density at radius 1 is 1.03 bits per heavy atom. The fourth-order valence-electron chi connectivity index (χ4n) is 4.08. The van der Waals surface area contributed by atoms with Gasteiger partial charge in [-0.3, -0.25) is 0 Å². The highest BCUT2D eigenvalue weighted by atomic mass is 32.1. The number of benzene rings is 2. The van der Waals surface area contributed by atoms with Gasteiger partial charge in [0.25, 0.3) is 0 Å². The largest absolute Gasteiger partial charge is 0.480 e. The number of halogens is 1. The van der Waals surface area contributed by atoms with E-state index < -0.39 is 6.10 Å². The smallest absolute Gasteiger partial charge is 0.226 e. The molecular weight excluding hydrogens is 387 g/mol. The first-order valence-electron chi connectivity index (χ1n) is 9.26. The summed E-state index contributed by atoms with van der Waals surface area (Å²) in [5.41, 5.74) is 3.26. The third-order valence-electron chi connectivity index (χ3n) is 5.32. The van der Waals surface area contributed by atoms with Crippen LogP contribution in [0.1, 0.15) is 28.1 Å². The summed E-state index contributed by atoms with van der Waals surface area (Å²) in [4.78, 5) is 5.49. The van der Waals surface area contributed by atoms with E-state index in [1.807, 2.05) is 46.5 Å². The third kappa shape index (κ3) is 2.44. The Kier molecular flexibility index (Phi) is 3.57. The number of nitrogens with zero attached hydrogens (tertiary/aromatic N) is 3. The van der Waals surface area contributed by atoms with Crippen LogP contribution in [0.4, 0.5) is 10.3 Å². The van der Waals surface area contributed by atoms with Crippen LogP contribution in [-0.4, -0.2) is 14.8 Å². The van der Waals surface area contributed by atoms with Gasteiger partial charge in [0.1, 0.15) is 23.9 Å². The Hall–Kier alpha value is -3.45. The Labute approximate surface area is 170 Å². The van der Waals surface area contributed by atoms with E-state index in [4.69, 9.17) is 4.74 Å². The molecule has 5 nitrogen and oxygen atoms in total. The predicted octanol–water partition coefficient (Wildman–Crippen LogP) is 5.04. The molecule has 0 radical (unpaired) electrons. The Balaban J connectivity index is 1.66. The maximum Gasteiger partial charge on any atom is 0.226 e. The molecule has 142 valence electrons. The third-order valence-corrected chi connectivity index (χ3v) is 6.25. The van der Waals surface area contributed by atoms with Crippen molar-refractivity contribution in [3.63, 3.8) is 0 Å². The molecule has 2 atom stereocenters. The highest BCUT2D eigenvalue weighted by molar-refractivity contribution is 7.10. The maximum atomic E-state index is 14.9. The summed E-state index contributed by atoms with van der Waals surface area (Å²) in [6, 6.07) is 18.4. The number of nitrogens with one attached hydrogen (secondary N) is 1. The molecule has 0 unspecified atom stereocenters. The maximum absolute atomic E-state index is 14.9. The number of para-hydroxylation sites is 1. The van der Waals surface area contributed by atoms with Crippen molar-refractivity contribution in [1.82, 2.24) is 14.8 Å². The quantitative estimate of drug-likeness (QED) is 0.510. The van der Waals surface area contributed by atoms with Crippen LogP contribution in [0.15, 0.2) is 77.9 Å². The van der Waals surface area contributed by atoms with Crippen molar-refractivity contribution in [2.24, 2.45) is 0 Å². The van der Waals surface area contributed by atoms with Crippen molar-refractivity contribution in [3.05, 3.63) is 99.8 Å². The van der Waals surface area contributed by atoms with Crippen LogP contribution in [0.5, 0.6) is 5.75 Å². The summed E-state index contributed by atoms with van der Waals surface area (Å²) in [5.74, 6) is 1.08. The number of fused-ring (bicyclic) bond motifs is 3. The monoisotopic (exact) mass is 402 g/mol. The first kappa shape index (κ1) is 16.5. The van der Waals surface area contributed by atoms with Gasteiger partial charge in [-0.15, -0.1) is 11.3 Å². The Morgan fingerprint density at radius 2 is 1.90 bits per heavy atom. The molecular formula is C22H15FN4OS. The van der Waals surface area contributed by atoms with Gasteiger partial charge in [-0.1, -0.05) is 36.4 Å². The zero-order valence-corrected chi connectivity index (χ0v) is 15.9. The van der Waals surface area contributed by atoms with Gasteiger partial charge in [-0.05, 0) is 29.6 Å². The molecule has 0 spiro atoms. The van der Waals surface area contributed by atoms with Crippen LogP contribution in [0, 0.1) is 5.82 Å². The fourth-order valence-corrected chi connectivity index (χ4v) is 4.91. The van der Waals surface area contributed by atoms with Gasteiger partial charge in [0.15, 0.2) is 6.10 Å². The van der Waals surface area contributed by atoms with E-state index in [0.29, 0.717) is 17.3 Å². The van der Waals surface area contributed by atoms with Gasteiger partial charge in [-0.2, -0.15) is 10.1 Å². The van der Waals surface area contributed by atoms with Crippen LogP contribution in [0.3, 0.4) is 0 Å². The van der Waals surface area contributed by atoms with Crippen molar-refractivity contribution in [2.75, 3.05) is 5.32 Å². The predicted molar refractivity (Wildman–Crippen MR) is 109 cm³/mol. The van der Waals surface area contributed by atoms with Gasteiger partial charge < -0.3 is 10.1 Å². The number of ether oxygens (including phenoxy) is 1. The molecule has 2 aromatic carbocycles. The average Bonchev–Trinajstić information content (AvgIpc) is 3.44. The standard InChI is InChI=1S/C22H15FN4OS/c23-15-8-3-1-6-13(15)21-18-19(14-7-2-4-9-16(14)28-21)26-22-24-12-25-27(22)20(18)17-10-5-11-29-17/h1-12,20-21H,(H,24,25,26)/t20-,21-/m1/s1. The molecule has 4 aromatic rings. The van der Waals surface area contributed by atoms with Crippen LogP contribution in [0.25, 0.3) is 5.70 Å². The number of anilines is 1. The van der Waals surface area contributed by atoms with Gasteiger partial charge in [-0.25, -0.2) is 9.07 Å². The summed E-state index contributed by atoms with van der Waals surface area (Å²) < 4.78 is 23.1. The van der Waals surface area contributed by atoms with Crippen molar-refractivity contribution in [2.45, 2.75) is 12.1 Å². The molecule has 0 amide bonds. The molecule has 0 saturated heterocycles. The zero-order chi connectivity index (χ0) is 19.4. The molecule has 7 heteroatoms. The number of aromatic nitrogens is 3. The highest BCUT2D eigenvalue weighted by Crippen LogP contribution is 2.51. The van der Waals surface area contributed by atoms with Crippen molar-refractivity contribution < 1.29 is 9.13 Å². The van der Waals surface area contributed by atoms with Gasteiger partial charge >= 0.3 is 0 Å². The van der Waals surface area contributed by atoms with Gasteiger partial charge in [0, 0.05) is 21.6 Å². The lowest BCUT2D eigenvalue weighted by atomic mass is 9.87. The summed E-state index contributed by atoms with van der Waals surface area (Å²) in [7, 11) is 0. The lowest BCUT2D eigenvalue weighted by Crippen LogP contribution is -2.32. The SMILES string of the molecule is Fc1ccccc1[C@H]1Oc2ccccc2C2=C1[C@@H](c1cccs1)n1ncnc1N2. The Bertz CT molecular complexity index is 1250. The van der Waals surface area contributed by atoms with Gasteiger partial charge in [0.05, 0.1) is 5.70 Å². The van der Waals surface area contributed by atoms with E-state index in [1.165, 1.54) is 12.4 Å². The molecule has 0 saturated carbocycles. The average molecular weight is 402 g/mol. The van der Waals surface area contributed by atoms with Gasteiger partial charge in [0.2, 0.25) is 5.95 Å². The molecule has 2 aromatic heterocycles. The van der Waals surface area contributed by atoms with Crippen LogP contribution in [-0.2, 0) is 0 Å². The summed E-state index contributed by atoms with van der Waals surface area (Å²) in [6.07, 6.45) is 0.949. The van der Waals surface area contributed by atoms with Crippen molar-refractivity contribution >= 4 is 23.0 Å². The summed E-state index contributed by atoms with van der Waals surface area (Å²) in [6.45, 7) is 0. The first-order chi connectivity index (χ1) is 14.3. The van der Waals surface area contributed by atoms with Crippen LogP contribution in [0.2, 0.25) is 0 Å². The second-order valence-corrected chi connectivity index (χ2v) is 7.90. The minimum Gasteiger partial charge on any atom is -0.480 e. The van der Waals surface area contributed by atoms with Crippen LogP contribution < -0.4 is 10.1 Å². The molecule has 2 aliphatic heterocycles. The second-order valence-electron chi connectivity index (χ2n) is 6.92. The second kappa shape index (κ2) is 6.28. The number of hydrogen-bond acceptors (Lipinski definition) is 5. The molecule has 1 N–H and O–H groups in total. The van der Waals surface area contributed by atoms with E-state index in [9.17, 15) is 4.39 Å². The molecule has 0 aliphatic carbocycles. The molecule has 2 aliphatic rings. The van der Waals surface area contributed by atoms with E-state index >= 15 is 0 Å². The number of rotatable bonds is 2. The zero-order valence-electron chi connectivity index (χ0n) is 15.1. The van der Waals surface area contributed by atoms with Crippen LogP contribution >= 0.6 is 11.3 Å². The molecule has 6 rings (SSSR count). The lowest BCUT2D eigenvalue weighted by molar-refractivity contribution is 0.218. The molecule has 0 fully saturated rings. The number of hydrogen-bond donors (Lipinski definition) is 1.